The summed E-state index contributed by atoms with van der Waals surface area (Å²) in [4.78, 5) is 15.5. The number of pyridine rings is 1. The molecule has 11 rings (SSSR count). The normalized spacial score (nSPS) is 11.5. The average Bonchev–Trinajstić information content (AvgIpc) is 3.62. The number of hydrogen-bond donors (Lipinski definition) is 0. The Morgan fingerprint density at radius 3 is 1.51 bits per heavy atom. The van der Waals surface area contributed by atoms with Crippen molar-refractivity contribution in [2.24, 2.45) is 0 Å². The summed E-state index contributed by atoms with van der Waals surface area (Å²) in [7, 11) is 0. The smallest absolute Gasteiger partial charge is 0.160 e. The third-order valence-corrected chi connectivity index (χ3v) is 11.0. The van der Waals surface area contributed by atoms with Crippen LogP contribution in [0.1, 0.15) is 0 Å². The number of para-hydroxylation sites is 3. The maximum Gasteiger partial charge on any atom is 0.160 e. The van der Waals surface area contributed by atoms with E-state index in [0.29, 0.717) is 5.82 Å². The molecule has 0 unspecified atom stereocenters. The first-order valence-electron chi connectivity index (χ1n) is 19.3. The Labute approximate surface area is 330 Å². The van der Waals surface area contributed by atoms with E-state index in [1.807, 2.05) is 24.3 Å². The molecule has 0 amide bonds. The monoisotopic (exact) mass is 726 g/mol. The van der Waals surface area contributed by atoms with Gasteiger partial charge in [0, 0.05) is 49.5 Å². The second-order valence-corrected chi connectivity index (χ2v) is 14.4. The second kappa shape index (κ2) is 13.6. The van der Waals surface area contributed by atoms with Gasteiger partial charge in [0.15, 0.2) is 5.82 Å². The maximum atomic E-state index is 5.34. The Kier molecular flexibility index (Phi) is 7.78. The lowest BCUT2D eigenvalue weighted by atomic mass is 9.97. The zero-order valence-corrected chi connectivity index (χ0v) is 30.9. The minimum absolute atomic E-state index is 0.694. The van der Waals surface area contributed by atoms with Gasteiger partial charge in [-0.2, -0.15) is 0 Å². The quantitative estimate of drug-likeness (QED) is 0.160. The predicted octanol–water partition coefficient (Wildman–Crippen LogP) is 13.6. The zero-order valence-electron chi connectivity index (χ0n) is 30.9. The number of nitrogens with zero attached hydrogens (tertiary/aromatic N) is 4. The molecular formula is C53H34N4. The molecule has 0 radical (unpaired) electrons. The Hall–Kier alpha value is -7.69. The summed E-state index contributed by atoms with van der Waals surface area (Å²) in [6, 6.07) is 72.6. The Morgan fingerprint density at radius 1 is 0.298 bits per heavy atom. The Balaban J connectivity index is 1.06. The van der Waals surface area contributed by atoms with Gasteiger partial charge in [-0.3, -0.25) is 0 Å². The SMILES string of the molecule is c1ccc(-c2ccc(-c3cc(-c4ccc(-c5nc6ccccc6c6cc7c8ccccc8n(-c8ccccc8)c7cc56)cc4)nc(-c4ccccc4)n3)cc2)cc1. The van der Waals surface area contributed by atoms with Gasteiger partial charge >= 0.3 is 0 Å². The van der Waals surface area contributed by atoms with Crippen molar-refractivity contribution in [3.8, 4) is 62.0 Å². The molecule has 8 aromatic carbocycles. The van der Waals surface area contributed by atoms with Gasteiger partial charge in [-0.15, -0.1) is 0 Å². The van der Waals surface area contributed by atoms with Gasteiger partial charge in [-0.25, -0.2) is 15.0 Å². The lowest BCUT2D eigenvalue weighted by molar-refractivity contribution is 1.18. The van der Waals surface area contributed by atoms with E-state index in [1.165, 1.54) is 32.8 Å². The molecule has 0 bridgehead atoms. The third-order valence-electron chi connectivity index (χ3n) is 11.0. The van der Waals surface area contributed by atoms with Crippen molar-refractivity contribution >= 4 is 43.5 Å². The number of hydrogen-bond acceptors (Lipinski definition) is 3. The third kappa shape index (κ3) is 5.74. The van der Waals surface area contributed by atoms with E-state index in [1.54, 1.807) is 0 Å². The first kappa shape index (κ1) is 32.7. The summed E-state index contributed by atoms with van der Waals surface area (Å²) in [5.74, 6) is 0.694. The van der Waals surface area contributed by atoms with Crippen LogP contribution in [0, 0.1) is 0 Å². The number of fused-ring (bicyclic) bond motifs is 6. The van der Waals surface area contributed by atoms with Gasteiger partial charge in [0.1, 0.15) is 0 Å². The molecule has 0 aliphatic carbocycles. The van der Waals surface area contributed by atoms with Crippen molar-refractivity contribution in [1.29, 1.82) is 0 Å². The topological polar surface area (TPSA) is 43.6 Å². The molecule has 0 spiro atoms. The van der Waals surface area contributed by atoms with E-state index in [4.69, 9.17) is 15.0 Å². The highest BCUT2D eigenvalue weighted by Gasteiger charge is 2.18. The van der Waals surface area contributed by atoms with Crippen LogP contribution in [0.5, 0.6) is 0 Å². The highest BCUT2D eigenvalue weighted by Crippen LogP contribution is 2.40. The fraction of sp³-hybridized carbons (Fsp3) is 0. The van der Waals surface area contributed by atoms with E-state index in [0.717, 1.165) is 66.8 Å². The number of benzene rings is 8. The molecule has 0 aliphatic rings. The largest absolute Gasteiger partial charge is 0.309 e. The van der Waals surface area contributed by atoms with Gasteiger partial charge in [0.25, 0.3) is 0 Å². The van der Waals surface area contributed by atoms with Crippen LogP contribution in [0.3, 0.4) is 0 Å². The molecule has 0 aliphatic heterocycles. The van der Waals surface area contributed by atoms with Gasteiger partial charge in [0.05, 0.1) is 33.6 Å². The summed E-state index contributed by atoms with van der Waals surface area (Å²) in [5, 5.41) is 5.90. The van der Waals surface area contributed by atoms with Crippen molar-refractivity contribution in [2.45, 2.75) is 0 Å². The van der Waals surface area contributed by atoms with Crippen LogP contribution < -0.4 is 0 Å². The molecule has 4 nitrogen and oxygen atoms in total. The van der Waals surface area contributed by atoms with Crippen molar-refractivity contribution in [1.82, 2.24) is 19.5 Å². The molecule has 0 fully saturated rings. The molecule has 3 heterocycles. The van der Waals surface area contributed by atoms with Crippen LogP contribution in [0.25, 0.3) is 105 Å². The van der Waals surface area contributed by atoms with E-state index >= 15 is 0 Å². The number of rotatable bonds is 6. The molecule has 4 heteroatoms. The highest BCUT2D eigenvalue weighted by molar-refractivity contribution is 6.20. The molecule has 57 heavy (non-hydrogen) atoms. The van der Waals surface area contributed by atoms with Gasteiger partial charge in [-0.05, 0) is 59.0 Å². The van der Waals surface area contributed by atoms with Crippen molar-refractivity contribution in [3.05, 3.63) is 206 Å². The van der Waals surface area contributed by atoms with Crippen LogP contribution in [-0.2, 0) is 0 Å². The van der Waals surface area contributed by atoms with Crippen LogP contribution in [-0.4, -0.2) is 19.5 Å². The van der Waals surface area contributed by atoms with Crippen LogP contribution in [0.15, 0.2) is 206 Å². The lowest BCUT2D eigenvalue weighted by Crippen LogP contribution is -1.96. The van der Waals surface area contributed by atoms with E-state index in [-0.39, 0.29) is 0 Å². The Morgan fingerprint density at radius 2 is 0.825 bits per heavy atom. The predicted molar refractivity (Wildman–Crippen MR) is 236 cm³/mol. The zero-order chi connectivity index (χ0) is 37.7. The molecule has 3 aromatic heterocycles. The summed E-state index contributed by atoms with van der Waals surface area (Å²) in [5.41, 5.74) is 13.6. The van der Waals surface area contributed by atoms with E-state index in [2.05, 4.69) is 187 Å². The van der Waals surface area contributed by atoms with Gasteiger partial charge in [-0.1, -0.05) is 164 Å². The average molecular weight is 727 g/mol. The van der Waals surface area contributed by atoms with Crippen LogP contribution in [0.4, 0.5) is 0 Å². The molecule has 11 aromatic rings. The summed E-state index contributed by atoms with van der Waals surface area (Å²) < 4.78 is 2.37. The van der Waals surface area contributed by atoms with Gasteiger partial charge < -0.3 is 4.57 Å². The maximum absolute atomic E-state index is 5.34. The molecule has 266 valence electrons. The molecule has 0 saturated carbocycles. The van der Waals surface area contributed by atoms with Crippen LogP contribution in [0.2, 0.25) is 0 Å². The molecule has 0 saturated heterocycles. The summed E-state index contributed by atoms with van der Waals surface area (Å²) in [6.07, 6.45) is 0. The standard InChI is InChI=1S/C53H34N4/c1-4-14-35(15-5-1)36-24-26-37(27-25-36)48-34-49(56-53(55-48)40-16-6-2-7-17-40)38-28-30-39(31-29-38)52-46-33-51-45(32-44(46)42-20-10-12-22-47(42)54-52)43-21-11-13-23-50(43)57(51)41-18-8-3-9-19-41/h1-34H. The first-order chi connectivity index (χ1) is 28.2. The summed E-state index contributed by atoms with van der Waals surface area (Å²) in [6.45, 7) is 0. The van der Waals surface area contributed by atoms with E-state index in [9.17, 15) is 0 Å². The minimum atomic E-state index is 0.694. The second-order valence-electron chi connectivity index (χ2n) is 14.4. The molecular weight excluding hydrogens is 693 g/mol. The Bertz CT molecular complexity index is 3240. The molecule has 0 atom stereocenters. The highest BCUT2D eigenvalue weighted by atomic mass is 15.0. The molecule has 0 N–H and O–H groups in total. The number of aromatic nitrogens is 4. The first-order valence-corrected chi connectivity index (χ1v) is 19.3. The summed E-state index contributed by atoms with van der Waals surface area (Å²) >= 11 is 0. The van der Waals surface area contributed by atoms with Crippen molar-refractivity contribution < 1.29 is 0 Å². The minimum Gasteiger partial charge on any atom is -0.309 e. The lowest BCUT2D eigenvalue weighted by Gasteiger charge is -2.13. The fourth-order valence-electron chi connectivity index (χ4n) is 8.21. The fourth-order valence-corrected chi connectivity index (χ4v) is 8.21. The van der Waals surface area contributed by atoms with Crippen molar-refractivity contribution in [2.75, 3.05) is 0 Å². The van der Waals surface area contributed by atoms with E-state index < -0.39 is 0 Å². The van der Waals surface area contributed by atoms with Gasteiger partial charge in [0.2, 0.25) is 0 Å². The van der Waals surface area contributed by atoms with Crippen molar-refractivity contribution in [3.63, 3.8) is 0 Å². The van der Waals surface area contributed by atoms with Crippen LogP contribution >= 0.6 is 0 Å².